The van der Waals surface area contributed by atoms with Crippen LogP contribution in [0.4, 0.5) is 14.5 Å². The molecule has 33 heavy (non-hydrogen) atoms. The smallest absolute Gasteiger partial charge is 0.387 e. The van der Waals surface area contributed by atoms with E-state index in [4.69, 9.17) is 4.74 Å². The SMILES string of the molecule is COc1cccc(C=CC(=O)Nc2cccc(S(=O)(=O)N3CCN(C)CC3)c2)c1OC(F)F. The van der Waals surface area contributed by atoms with E-state index in [1.807, 2.05) is 7.05 Å². The van der Waals surface area contributed by atoms with E-state index >= 15 is 0 Å². The first kappa shape index (κ1) is 24.6. The summed E-state index contributed by atoms with van der Waals surface area (Å²) >= 11 is 0. The zero-order chi connectivity index (χ0) is 24.0. The minimum absolute atomic E-state index is 0.0780. The van der Waals surface area contributed by atoms with Crippen LogP contribution in [0.1, 0.15) is 5.56 Å². The number of carbonyl (C=O) groups is 1. The fraction of sp³-hybridized carbons (Fsp3) is 0.318. The molecule has 0 aromatic heterocycles. The molecule has 8 nitrogen and oxygen atoms in total. The van der Waals surface area contributed by atoms with E-state index in [-0.39, 0.29) is 27.6 Å². The van der Waals surface area contributed by atoms with Gasteiger partial charge in [-0.3, -0.25) is 4.79 Å². The number of ether oxygens (including phenoxy) is 2. The minimum Gasteiger partial charge on any atom is -0.493 e. The third-order valence-corrected chi connectivity index (χ3v) is 6.95. The number of likely N-dealkylation sites (N-methyl/N-ethyl adjacent to an activating group) is 1. The van der Waals surface area contributed by atoms with Crippen molar-refractivity contribution < 1.29 is 31.5 Å². The maximum atomic E-state index is 12.9. The standard InChI is InChI=1S/C22H25F2N3O5S/c1-26-11-13-27(14-12-26)33(29,30)18-7-4-6-17(15-18)25-20(28)10-9-16-5-3-8-19(31-2)21(16)32-22(23)24/h3-10,15,22H,11-14H2,1-2H3,(H,25,28). The molecular weight excluding hydrogens is 456 g/mol. The number of methoxy groups -OCH3 is 1. The first-order valence-electron chi connectivity index (χ1n) is 10.1. The average molecular weight is 482 g/mol. The fourth-order valence-electron chi connectivity index (χ4n) is 3.30. The second-order valence-corrected chi connectivity index (χ2v) is 9.25. The van der Waals surface area contributed by atoms with Gasteiger partial charge in [0.1, 0.15) is 0 Å². The molecule has 1 saturated heterocycles. The van der Waals surface area contributed by atoms with Crippen molar-refractivity contribution in [3.63, 3.8) is 0 Å². The quantitative estimate of drug-likeness (QED) is 0.584. The van der Waals surface area contributed by atoms with Gasteiger partial charge in [0.05, 0.1) is 12.0 Å². The van der Waals surface area contributed by atoms with Gasteiger partial charge in [-0.15, -0.1) is 0 Å². The van der Waals surface area contributed by atoms with Crippen molar-refractivity contribution in [3.05, 3.63) is 54.1 Å². The molecule has 0 spiro atoms. The lowest BCUT2D eigenvalue weighted by Crippen LogP contribution is -2.47. The molecule has 1 fully saturated rings. The molecule has 2 aromatic rings. The summed E-state index contributed by atoms with van der Waals surface area (Å²) in [6.07, 6.45) is 2.44. The number of anilines is 1. The van der Waals surface area contributed by atoms with Gasteiger partial charge >= 0.3 is 6.61 Å². The van der Waals surface area contributed by atoms with Crippen LogP contribution in [0.2, 0.25) is 0 Å². The van der Waals surface area contributed by atoms with Crippen LogP contribution in [-0.2, 0) is 14.8 Å². The molecule has 0 aliphatic carbocycles. The lowest BCUT2D eigenvalue weighted by atomic mass is 10.1. The average Bonchev–Trinajstić information content (AvgIpc) is 2.78. The topological polar surface area (TPSA) is 88.2 Å². The van der Waals surface area contributed by atoms with Gasteiger partial charge in [0, 0.05) is 43.5 Å². The van der Waals surface area contributed by atoms with Crippen LogP contribution in [-0.4, -0.2) is 70.5 Å². The number of nitrogens with zero attached hydrogens (tertiary/aromatic N) is 2. The van der Waals surface area contributed by atoms with E-state index in [0.29, 0.717) is 26.2 Å². The fourth-order valence-corrected chi connectivity index (χ4v) is 4.77. The Balaban J connectivity index is 1.74. The van der Waals surface area contributed by atoms with E-state index < -0.39 is 22.5 Å². The largest absolute Gasteiger partial charge is 0.493 e. The highest BCUT2D eigenvalue weighted by Gasteiger charge is 2.27. The molecule has 0 saturated carbocycles. The molecule has 1 aliphatic rings. The zero-order valence-electron chi connectivity index (χ0n) is 18.2. The predicted molar refractivity (Wildman–Crippen MR) is 120 cm³/mol. The number of benzene rings is 2. The van der Waals surface area contributed by atoms with Crippen molar-refractivity contribution in [2.45, 2.75) is 11.5 Å². The number of nitrogens with one attached hydrogen (secondary N) is 1. The minimum atomic E-state index is -3.69. The van der Waals surface area contributed by atoms with Gasteiger partial charge in [-0.2, -0.15) is 13.1 Å². The van der Waals surface area contributed by atoms with Gasteiger partial charge in [0.2, 0.25) is 15.9 Å². The Morgan fingerprint density at radius 3 is 2.48 bits per heavy atom. The van der Waals surface area contributed by atoms with Crippen molar-refractivity contribution >= 4 is 27.7 Å². The number of halogens is 2. The molecular formula is C22H25F2N3O5S. The maximum Gasteiger partial charge on any atom is 0.387 e. The number of piperazine rings is 1. The summed E-state index contributed by atoms with van der Waals surface area (Å²) in [6.45, 7) is -1.000. The van der Waals surface area contributed by atoms with Crippen molar-refractivity contribution in [2.24, 2.45) is 0 Å². The Bertz CT molecular complexity index is 1120. The predicted octanol–water partition coefficient (Wildman–Crippen LogP) is 2.88. The Kier molecular flexibility index (Phi) is 8.01. The summed E-state index contributed by atoms with van der Waals surface area (Å²) in [4.78, 5) is 14.5. The molecule has 178 valence electrons. The van der Waals surface area contributed by atoms with Crippen LogP contribution >= 0.6 is 0 Å². The van der Waals surface area contributed by atoms with Crippen molar-refractivity contribution in [1.82, 2.24) is 9.21 Å². The summed E-state index contributed by atoms with van der Waals surface area (Å²) in [5, 5.41) is 2.59. The number of hydrogen-bond acceptors (Lipinski definition) is 6. The Hall–Kier alpha value is -3.02. The van der Waals surface area contributed by atoms with Crippen LogP contribution in [0.5, 0.6) is 11.5 Å². The van der Waals surface area contributed by atoms with E-state index in [2.05, 4.69) is 15.0 Å². The lowest BCUT2D eigenvalue weighted by molar-refractivity contribution is -0.111. The second kappa shape index (κ2) is 10.7. The molecule has 2 aromatic carbocycles. The highest BCUT2D eigenvalue weighted by molar-refractivity contribution is 7.89. The first-order valence-corrected chi connectivity index (χ1v) is 11.5. The molecule has 0 radical (unpaired) electrons. The molecule has 0 atom stereocenters. The Labute approximate surface area is 191 Å². The van der Waals surface area contributed by atoms with Crippen LogP contribution in [0.3, 0.4) is 0 Å². The molecule has 0 bridgehead atoms. The van der Waals surface area contributed by atoms with Crippen molar-refractivity contribution in [3.8, 4) is 11.5 Å². The summed E-state index contributed by atoms with van der Waals surface area (Å²) in [6, 6.07) is 10.5. The van der Waals surface area contributed by atoms with Crippen molar-refractivity contribution in [2.75, 3.05) is 45.7 Å². The third-order valence-electron chi connectivity index (χ3n) is 5.05. The van der Waals surface area contributed by atoms with E-state index in [9.17, 15) is 22.0 Å². The van der Waals surface area contributed by atoms with Gasteiger partial charge in [-0.25, -0.2) is 8.42 Å². The number of sulfonamides is 1. The molecule has 1 aliphatic heterocycles. The number of hydrogen-bond donors (Lipinski definition) is 1. The summed E-state index contributed by atoms with van der Waals surface area (Å²) < 4.78 is 62.3. The normalized spacial score (nSPS) is 15.7. The number of para-hydroxylation sites is 1. The highest BCUT2D eigenvalue weighted by Crippen LogP contribution is 2.33. The van der Waals surface area contributed by atoms with E-state index in [1.54, 1.807) is 18.2 Å². The molecule has 11 heteroatoms. The second-order valence-electron chi connectivity index (χ2n) is 7.31. The lowest BCUT2D eigenvalue weighted by Gasteiger charge is -2.31. The van der Waals surface area contributed by atoms with Gasteiger partial charge in [0.15, 0.2) is 11.5 Å². The first-order chi connectivity index (χ1) is 15.7. The maximum absolute atomic E-state index is 12.9. The summed E-state index contributed by atoms with van der Waals surface area (Å²) in [7, 11) is -0.439. The Morgan fingerprint density at radius 2 is 1.82 bits per heavy atom. The molecule has 1 N–H and O–H groups in total. The molecule has 1 amide bonds. The van der Waals surface area contributed by atoms with Crippen LogP contribution < -0.4 is 14.8 Å². The molecule has 0 unspecified atom stereocenters. The molecule has 1 heterocycles. The van der Waals surface area contributed by atoms with E-state index in [0.717, 1.165) is 6.08 Å². The van der Waals surface area contributed by atoms with Gasteiger partial charge < -0.3 is 19.7 Å². The highest BCUT2D eigenvalue weighted by atomic mass is 32.2. The van der Waals surface area contributed by atoms with Crippen LogP contribution in [0.25, 0.3) is 6.08 Å². The number of amides is 1. The van der Waals surface area contributed by atoms with Gasteiger partial charge in [0.25, 0.3) is 0 Å². The number of rotatable bonds is 8. The van der Waals surface area contributed by atoms with Gasteiger partial charge in [-0.1, -0.05) is 18.2 Å². The summed E-state index contributed by atoms with van der Waals surface area (Å²) in [5.74, 6) is -0.672. The van der Waals surface area contributed by atoms with Crippen LogP contribution in [0, 0.1) is 0 Å². The molecule has 3 rings (SSSR count). The van der Waals surface area contributed by atoms with Crippen LogP contribution in [0.15, 0.2) is 53.4 Å². The third kappa shape index (κ3) is 6.28. The van der Waals surface area contributed by atoms with Gasteiger partial charge in [-0.05, 0) is 37.4 Å². The monoisotopic (exact) mass is 481 g/mol. The van der Waals surface area contributed by atoms with Crippen molar-refractivity contribution in [1.29, 1.82) is 0 Å². The zero-order valence-corrected chi connectivity index (χ0v) is 19.0. The number of carbonyl (C=O) groups excluding carboxylic acids is 1. The Morgan fingerprint density at radius 1 is 1.12 bits per heavy atom. The van der Waals surface area contributed by atoms with E-state index in [1.165, 1.54) is 41.8 Å². The summed E-state index contributed by atoms with van der Waals surface area (Å²) in [5.41, 5.74) is 0.505. The number of alkyl halides is 2.